The molecule has 4 rings (SSSR count). The molecule has 0 fully saturated rings. The summed E-state index contributed by atoms with van der Waals surface area (Å²) in [4.78, 5) is 29.7. The van der Waals surface area contributed by atoms with Crippen LogP contribution in [0.5, 0.6) is 0 Å². The van der Waals surface area contributed by atoms with Crippen LogP contribution in [-0.4, -0.2) is 35.7 Å². The lowest BCUT2D eigenvalue weighted by molar-refractivity contribution is -0.116. The Balaban J connectivity index is 1.47. The van der Waals surface area contributed by atoms with Gasteiger partial charge in [-0.25, -0.2) is 9.67 Å². The number of aryl methyl sites for hydroxylation is 2. The van der Waals surface area contributed by atoms with Gasteiger partial charge in [-0.3, -0.25) is 14.2 Å². The molecule has 0 aliphatic heterocycles. The van der Waals surface area contributed by atoms with Crippen LogP contribution in [0.3, 0.4) is 0 Å². The highest BCUT2D eigenvalue weighted by molar-refractivity contribution is 7.16. The number of hydrogen-bond acceptors (Lipinski definition) is 7. The Morgan fingerprint density at radius 1 is 1.26 bits per heavy atom. The maximum absolute atomic E-state index is 12.4. The quantitative estimate of drug-likeness (QED) is 0.564. The first kappa shape index (κ1) is 17.0. The highest BCUT2D eigenvalue weighted by Crippen LogP contribution is 2.19. The summed E-state index contributed by atoms with van der Waals surface area (Å²) < 4.78 is 2.97. The van der Waals surface area contributed by atoms with Crippen molar-refractivity contribution in [2.45, 2.75) is 19.9 Å². The van der Waals surface area contributed by atoms with Crippen LogP contribution >= 0.6 is 11.3 Å². The van der Waals surface area contributed by atoms with Gasteiger partial charge >= 0.3 is 0 Å². The molecule has 0 bridgehead atoms. The van der Waals surface area contributed by atoms with Crippen LogP contribution in [0.2, 0.25) is 0 Å². The highest BCUT2D eigenvalue weighted by atomic mass is 32.1. The van der Waals surface area contributed by atoms with Crippen LogP contribution < -0.4 is 10.9 Å². The number of carbonyl (C=O) groups is 1. The minimum Gasteiger partial charge on any atom is -0.326 e. The summed E-state index contributed by atoms with van der Waals surface area (Å²) >= 11 is 1.42. The van der Waals surface area contributed by atoms with Crippen molar-refractivity contribution >= 4 is 33.1 Å². The van der Waals surface area contributed by atoms with Gasteiger partial charge in [-0.15, -0.1) is 16.4 Å². The number of rotatable bonds is 5. The number of nitrogens with one attached hydrogen (secondary N) is 1. The predicted octanol–water partition coefficient (Wildman–Crippen LogP) is 1.77. The van der Waals surface area contributed by atoms with E-state index in [1.165, 1.54) is 33.2 Å². The van der Waals surface area contributed by atoms with Gasteiger partial charge in [-0.1, -0.05) is 6.07 Å². The second kappa shape index (κ2) is 7.08. The number of fused-ring (bicyclic) bond motifs is 1. The summed E-state index contributed by atoms with van der Waals surface area (Å²) in [7, 11) is 0. The van der Waals surface area contributed by atoms with Gasteiger partial charge in [0, 0.05) is 18.7 Å². The van der Waals surface area contributed by atoms with Gasteiger partial charge in [0.2, 0.25) is 5.91 Å². The van der Waals surface area contributed by atoms with Gasteiger partial charge in [0.1, 0.15) is 11.2 Å². The number of benzene rings is 1. The lowest BCUT2D eigenvalue weighted by Crippen LogP contribution is -2.23. The van der Waals surface area contributed by atoms with Crippen LogP contribution in [-0.2, 0) is 11.3 Å². The van der Waals surface area contributed by atoms with Crippen LogP contribution in [0, 0.1) is 6.92 Å². The SMILES string of the molecule is Cc1ccc(-n2cnnn2)cc1NC(=O)CCn1cnc2sccc2c1=O. The molecule has 0 radical (unpaired) electrons. The zero-order valence-corrected chi connectivity index (χ0v) is 15.2. The smallest absolute Gasteiger partial charge is 0.262 e. The molecule has 1 amide bonds. The Kier molecular flexibility index (Phi) is 4.47. The van der Waals surface area contributed by atoms with Crippen molar-refractivity contribution in [3.63, 3.8) is 0 Å². The molecule has 0 spiro atoms. The van der Waals surface area contributed by atoms with Crippen LogP contribution in [0.1, 0.15) is 12.0 Å². The molecule has 27 heavy (non-hydrogen) atoms. The number of amides is 1. The van der Waals surface area contributed by atoms with Gasteiger partial charge in [0.05, 0.1) is 17.4 Å². The van der Waals surface area contributed by atoms with Crippen molar-refractivity contribution in [2.24, 2.45) is 0 Å². The van der Waals surface area contributed by atoms with E-state index in [1.54, 1.807) is 12.1 Å². The van der Waals surface area contributed by atoms with Gasteiger partial charge in [0.15, 0.2) is 0 Å². The molecule has 0 aliphatic carbocycles. The fourth-order valence-corrected chi connectivity index (χ4v) is 3.38. The number of nitrogens with zero attached hydrogens (tertiary/aromatic N) is 6. The van der Waals surface area contributed by atoms with E-state index >= 15 is 0 Å². The average molecular weight is 381 g/mol. The molecule has 0 aliphatic rings. The molecular formula is C17H15N7O2S. The second-order valence-electron chi connectivity index (χ2n) is 5.93. The third-order valence-corrected chi connectivity index (χ3v) is 4.96. The van der Waals surface area contributed by atoms with E-state index in [0.717, 1.165) is 11.3 Å². The molecule has 1 N–H and O–H groups in total. The van der Waals surface area contributed by atoms with Crippen molar-refractivity contribution in [1.82, 2.24) is 29.8 Å². The second-order valence-corrected chi connectivity index (χ2v) is 6.83. The van der Waals surface area contributed by atoms with E-state index in [0.29, 0.717) is 15.9 Å². The Labute approximate surface area is 157 Å². The molecule has 10 heteroatoms. The summed E-state index contributed by atoms with van der Waals surface area (Å²) in [5, 5.41) is 16.3. The maximum atomic E-state index is 12.4. The molecule has 9 nitrogen and oxygen atoms in total. The molecular weight excluding hydrogens is 366 g/mol. The zero-order valence-electron chi connectivity index (χ0n) is 14.4. The number of hydrogen-bond donors (Lipinski definition) is 1. The molecule has 0 saturated carbocycles. The van der Waals surface area contributed by atoms with E-state index in [-0.39, 0.29) is 24.4 Å². The Hall–Kier alpha value is -3.40. The van der Waals surface area contributed by atoms with Crippen molar-refractivity contribution in [1.29, 1.82) is 0 Å². The van der Waals surface area contributed by atoms with E-state index < -0.39 is 0 Å². The zero-order chi connectivity index (χ0) is 18.8. The number of aromatic nitrogens is 6. The van der Waals surface area contributed by atoms with Crippen molar-refractivity contribution in [3.8, 4) is 5.69 Å². The fourth-order valence-electron chi connectivity index (χ4n) is 2.65. The largest absolute Gasteiger partial charge is 0.326 e. The minimum atomic E-state index is -0.190. The summed E-state index contributed by atoms with van der Waals surface area (Å²) in [6.45, 7) is 2.16. The van der Waals surface area contributed by atoms with E-state index in [9.17, 15) is 9.59 Å². The van der Waals surface area contributed by atoms with Crippen LogP contribution in [0.15, 0.2) is 47.1 Å². The molecule has 0 atom stereocenters. The number of anilines is 1. The highest BCUT2D eigenvalue weighted by Gasteiger charge is 2.10. The van der Waals surface area contributed by atoms with Gasteiger partial charge in [-0.2, -0.15) is 0 Å². The number of carbonyl (C=O) groups excluding carboxylic acids is 1. The summed E-state index contributed by atoms with van der Waals surface area (Å²) in [5.41, 5.74) is 2.19. The Morgan fingerprint density at radius 3 is 2.96 bits per heavy atom. The third kappa shape index (κ3) is 3.47. The van der Waals surface area contributed by atoms with Crippen LogP contribution in [0.4, 0.5) is 5.69 Å². The van der Waals surface area contributed by atoms with Crippen molar-refractivity contribution < 1.29 is 4.79 Å². The standard InChI is InChI=1S/C17H15N7O2S/c1-11-2-3-12(24-10-19-21-22-24)8-14(11)20-15(25)4-6-23-9-18-16-13(17(23)26)5-7-27-16/h2-3,5,7-10H,4,6H2,1H3,(H,20,25). The van der Waals surface area contributed by atoms with E-state index in [1.807, 2.05) is 24.4 Å². The first-order valence-corrected chi connectivity index (χ1v) is 9.06. The molecule has 1 aromatic carbocycles. The minimum absolute atomic E-state index is 0.133. The fraction of sp³-hybridized carbons (Fsp3) is 0.176. The van der Waals surface area contributed by atoms with Crippen molar-refractivity contribution in [2.75, 3.05) is 5.32 Å². The summed E-state index contributed by atoms with van der Waals surface area (Å²) in [5.74, 6) is -0.190. The van der Waals surface area contributed by atoms with Gasteiger partial charge < -0.3 is 5.32 Å². The van der Waals surface area contributed by atoms with E-state index in [4.69, 9.17) is 0 Å². The molecule has 0 unspecified atom stereocenters. The lowest BCUT2D eigenvalue weighted by Gasteiger charge is -2.11. The molecule has 4 aromatic rings. The number of tetrazole rings is 1. The van der Waals surface area contributed by atoms with Crippen LogP contribution in [0.25, 0.3) is 15.9 Å². The Morgan fingerprint density at radius 2 is 2.15 bits per heavy atom. The van der Waals surface area contributed by atoms with E-state index in [2.05, 4.69) is 25.8 Å². The summed E-state index contributed by atoms with van der Waals surface area (Å²) in [6.07, 6.45) is 3.13. The molecule has 3 heterocycles. The van der Waals surface area contributed by atoms with Gasteiger partial charge in [0.25, 0.3) is 5.56 Å². The average Bonchev–Trinajstić information content (AvgIpc) is 3.35. The first-order valence-electron chi connectivity index (χ1n) is 8.18. The maximum Gasteiger partial charge on any atom is 0.262 e. The Bertz CT molecular complexity index is 1160. The van der Waals surface area contributed by atoms with Gasteiger partial charge in [-0.05, 0) is 46.5 Å². The number of thiophene rings is 1. The molecule has 136 valence electrons. The monoisotopic (exact) mass is 381 g/mol. The lowest BCUT2D eigenvalue weighted by atomic mass is 10.1. The first-order chi connectivity index (χ1) is 13.1. The topological polar surface area (TPSA) is 108 Å². The molecule has 3 aromatic heterocycles. The predicted molar refractivity (Wildman–Crippen MR) is 101 cm³/mol. The molecule has 0 saturated heterocycles. The normalized spacial score (nSPS) is 11.0. The van der Waals surface area contributed by atoms with Crippen molar-refractivity contribution in [3.05, 3.63) is 58.2 Å². The summed E-state index contributed by atoms with van der Waals surface area (Å²) in [6, 6.07) is 7.29. The third-order valence-electron chi connectivity index (χ3n) is 4.14.